The van der Waals surface area contributed by atoms with Gasteiger partial charge in [0.2, 0.25) is 10.0 Å². The first-order valence-electron chi connectivity index (χ1n) is 9.11. The molecular formula is C20H24ClN3O3S. The fourth-order valence-electron chi connectivity index (χ4n) is 3.21. The number of nitrogens with zero attached hydrogens (tertiary/aromatic N) is 2. The van der Waals surface area contributed by atoms with Crippen LogP contribution < -0.4 is 5.32 Å². The fourth-order valence-corrected chi connectivity index (χ4v) is 4.24. The summed E-state index contributed by atoms with van der Waals surface area (Å²) in [4.78, 5) is 14.7. The van der Waals surface area contributed by atoms with Crippen LogP contribution in [0.5, 0.6) is 0 Å². The van der Waals surface area contributed by atoms with Gasteiger partial charge in [-0.05, 0) is 29.3 Å². The van der Waals surface area contributed by atoms with Gasteiger partial charge < -0.3 is 5.32 Å². The highest BCUT2D eigenvalue weighted by atomic mass is 35.5. The average Bonchev–Trinajstić information content (AvgIpc) is 2.67. The van der Waals surface area contributed by atoms with Crippen molar-refractivity contribution in [3.63, 3.8) is 0 Å². The standard InChI is InChI=1S/C20H24ClN3O3S/c1-28(26,27)24-11-9-23(10-12-24)15-16-5-4-7-17(13-16)20(25)22-14-18-6-2-3-8-19(18)21/h2-8,13H,9-12,14-15H2,1H3,(H,22,25). The summed E-state index contributed by atoms with van der Waals surface area (Å²) in [5.74, 6) is -0.149. The number of hydrogen-bond donors (Lipinski definition) is 1. The lowest BCUT2D eigenvalue weighted by atomic mass is 10.1. The van der Waals surface area contributed by atoms with Crippen molar-refractivity contribution < 1.29 is 13.2 Å². The summed E-state index contributed by atoms with van der Waals surface area (Å²) in [5, 5.41) is 3.53. The normalized spacial score (nSPS) is 16.1. The van der Waals surface area contributed by atoms with Crippen molar-refractivity contribution in [3.8, 4) is 0 Å². The zero-order chi connectivity index (χ0) is 20.1. The Balaban J connectivity index is 1.57. The van der Waals surface area contributed by atoms with Crippen LogP contribution in [-0.2, 0) is 23.1 Å². The number of rotatable bonds is 6. The number of sulfonamides is 1. The van der Waals surface area contributed by atoms with Crippen molar-refractivity contribution in [2.75, 3.05) is 32.4 Å². The molecule has 6 nitrogen and oxygen atoms in total. The molecule has 0 bridgehead atoms. The highest BCUT2D eigenvalue weighted by Gasteiger charge is 2.23. The van der Waals surface area contributed by atoms with E-state index in [4.69, 9.17) is 11.6 Å². The third-order valence-corrected chi connectivity index (χ3v) is 6.46. The van der Waals surface area contributed by atoms with Crippen molar-refractivity contribution in [1.82, 2.24) is 14.5 Å². The van der Waals surface area contributed by atoms with Gasteiger partial charge in [0.25, 0.3) is 5.91 Å². The second-order valence-corrected chi connectivity index (χ2v) is 9.30. The van der Waals surface area contributed by atoms with E-state index < -0.39 is 10.0 Å². The number of hydrogen-bond acceptors (Lipinski definition) is 4. The predicted molar refractivity (Wildman–Crippen MR) is 111 cm³/mol. The number of nitrogens with one attached hydrogen (secondary N) is 1. The van der Waals surface area contributed by atoms with E-state index in [-0.39, 0.29) is 5.91 Å². The highest BCUT2D eigenvalue weighted by molar-refractivity contribution is 7.88. The van der Waals surface area contributed by atoms with Gasteiger partial charge in [-0.25, -0.2) is 8.42 Å². The molecule has 28 heavy (non-hydrogen) atoms. The van der Waals surface area contributed by atoms with E-state index in [1.165, 1.54) is 10.6 Å². The Morgan fingerprint density at radius 3 is 2.46 bits per heavy atom. The fraction of sp³-hybridized carbons (Fsp3) is 0.350. The Bertz CT molecular complexity index is 941. The minimum Gasteiger partial charge on any atom is -0.348 e. The van der Waals surface area contributed by atoms with Crippen LogP contribution in [0.3, 0.4) is 0 Å². The van der Waals surface area contributed by atoms with Gasteiger partial charge >= 0.3 is 0 Å². The van der Waals surface area contributed by atoms with Crippen molar-refractivity contribution in [3.05, 3.63) is 70.2 Å². The van der Waals surface area contributed by atoms with Crippen molar-refractivity contribution in [2.45, 2.75) is 13.1 Å². The molecule has 2 aromatic rings. The van der Waals surface area contributed by atoms with E-state index in [2.05, 4.69) is 10.2 Å². The molecule has 1 aliphatic rings. The summed E-state index contributed by atoms with van der Waals surface area (Å²) in [6, 6.07) is 14.9. The molecule has 1 amide bonds. The molecule has 3 rings (SSSR count). The molecular weight excluding hydrogens is 398 g/mol. The monoisotopic (exact) mass is 421 g/mol. The molecule has 1 fully saturated rings. The Kier molecular flexibility index (Phi) is 6.72. The van der Waals surface area contributed by atoms with Gasteiger partial charge in [-0.1, -0.05) is 41.9 Å². The van der Waals surface area contributed by atoms with Crippen LogP contribution in [0.25, 0.3) is 0 Å². The van der Waals surface area contributed by atoms with Crippen molar-refractivity contribution >= 4 is 27.5 Å². The maximum atomic E-state index is 12.5. The minimum absolute atomic E-state index is 0.149. The second kappa shape index (κ2) is 9.05. The van der Waals surface area contributed by atoms with E-state index in [1.54, 1.807) is 12.1 Å². The Morgan fingerprint density at radius 2 is 1.79 bits per heavy atom. The molecule has 2 aromatic carbocycles. The van der Waals surface area contributed by atoms with E-state index in [0.717, 1.165) is 11.1 Å². The molecule has 0 aliphatic carbocycles. The van der Waals surface area contributed by atoms with Crippen LogP contribution in [0.4, 0.5) is 0 Å². The van der Waals surface area contributed by atoms with Crippen LogP contribution >= 0.6 is 11.6 Å². The number of carbonyl (C=O) groups is 1. The molecule has 0 saturated carbocycles. The van der Waals surface area contributed by atoms with Crippen LogP contribution in [0.1, 0.15) is 21.5 Å². The third-order valence-electron chi connectivity index (χ3n) is 4.79. The third kappa shape index (κ3) is 5.54. The number of amides is 1. The number of piperazine rings is 1. The molecule has 0 spiro atoms. The van der Waals surface area contributed by atoms with Crippen LogP contribution in [0, 0.1) is 0 Å². The smallest absolute Gasteiger partial charge is 0.251 e. The Hall–Kier alpha value is -1.93. The van der Waals surface area contributed by atoms with Crippen molar-refractivity contribution in [1.29, 1.82) is 0 Å². The van der Waals surface area contributed by atoms with Crippen LogP contribution in [-0.4, -0.2) is 56.0 Å². The molecule has 8 heteroatoms. The summed E-state index contributed by atoms with van der Waals surface area (Å²) < 4.78 is 24.7. The lowest BCUT2D eigenvalue weighted by Gasteiger charge is -2.33. The SMILES string of the molecule is CS(=O)(=O)N1CCN(Cc2cccc(C(=O)NCc3ccccc3Cl)c2)CC1. The number of carbonyl (C=O) groups excluding carboxylic acids is 1. The van der Waals surface area contributed by atoms with Gasteiger partial charge in [-0.15, -0.1) is 0 Å². The molecule has 0 unspecified atom stereocenters. The predicted octanol–water partition coefficient (Wildman–Crippen LogP) is 2.35. The molecule has 0 aromatic heterocycles. The van der Waals surface area contributed by atoms with Gasteiger partial charge in [0.1, 0.15) is 0 Å². The first-order valence-corrected chi connectivity index (χ1v) is 11.3. The van der Waals surface area contributed by atoms with E-state index in [0.29, 0.717) is 49.9 Å². The van der Waals surface area contributed by atoms with Crippen LogP contribution in [0.15, 0.2) is 48.5 Å². The number of benzene rings is 2. The van der Waals surface area contributed by atoms with E-state index in [9.17, 15) is 13.2 Å². The molecule has 1 N–H and O–H groups in total. The minimum atomic E-state index is -3.13. The van der Waals surface area contributed by atoms with Crippen molar-refractivity contribution in [2.24, 2.45) is 0 Å². The molecule has 1 heterocycles. The zero-order valence-corrected chi connectivity index (χ0v) is 17.3. The van der Waals surface area contributed by atoms with Gasteiger partial charge in [0, 0.05) is 49.9 Å². The molecule has 0 radical (unpaired) electrons. The summed E-state index contributed by atoms with van der Waals surface area (Å²) in [6.07, 6.45) is 1.24. The molecule has 1 saturated heterocycles. The Labute approximate surface area is 171 Å². The first-order chi connectivity index (χ1) is 13.3. The van der Waals surface area contributed by atoms with E-state index >= 15 is 0 Å². The summed E-state index contributed by atoms with van der Waals surface area (Å²) in [7, 11) is -3.13. The van der Waals surface area contributed by atoms with Gasteiger partial charge in [-0.3, -0.25) is 9.69 Å². The second-order valence-electron chi connectivity index (χ2n) is 6.91. The number of halogens is 1. The summed E-state index contributed by atoms with van der Waals surface area (Å²) in [5.41, 5.74) is 2.50. The molecule has 150 valence electrons. The largest absolute Gasteiger partial charge is 0.348 e. The van der Waals surface area contributed by atoms with E-state index in [1.807, 2.05) is 36.4 Å². The molecule has 0 atom stereocenters. The highest BCUT2D eigenvalue weighted by Crippen LogP contribution is 2.15. The van der Waals surface area contributed by atoms with Gasteiger partial charge in [0.15, 0.2) is 0 Å². The summed E-state index contributed by atoms with van der Waals surface area (Å²) >= 11 is 6.13. The van der Waals surface area contributed by atoms with Gasteiger partial charge in [0.05, 0.1) is 6.26 Å². The Morgan fingerprint density at radius 1 is 1.07 bits per heavy atom. The lowest BCUT2D eigenvalue weighted by Crippen LogP contribution is -2.47. The van der Waals surface area contributed by atoms with Crippen LogP contribution in [0.2, 0.25) is 5.02 Å². The topological polar surface area (TPSA) is 69.7 Å². The maximum absolute atomic E-state index is 12.5. The summed E-state index contributed by atoms with van der Waals surface area (Å²) in [6.45, 7) is 3.40. The molecule has 1 aliphatic heterocycles. The van der Waals surface area contributed by atoms with Gasteiger partial charge in [-0.2, -0.15) is 4.31 Å². The lowest BCUT2D eigenvalue weighted by molar-refractivity contribution is 0.0950. The first kappa shape index (κ1) is 20.8. The quantitative estimate of drug-likeness (QED) is 0.777. The zero-order valence-electron chi connectivity index (χ0n) is 15.8. The average molecular weight is 422 g/mol. The maximum Gasteiger partial charge on any atom is 0.251 e.